The second kappa shape index (κ2) is 11.5. The van der Waals surface area contributed by atoms with Crippen molar-refractivity contribution in [2.45, 2.75) is 49.2 Å². The van der Waals surface area contributed by atoms with Gasteiger partial charge in [0, 0.05) is 22.6 Å². The van der Waals surface area contributed by atoms with Gasteiger partial charge in [0.25, 0.3) is 0 Å². The van der Waals surface area contributed by atoms with Crippen molar-refractivity contribution in [2.75, 3.05) is 24.9 Å². The fourth-order valence-corrected chi connectivity index (χ4v) is 4.78. The summed E-state index contributed by atoms with van der Waals surface area (Å²) in [6, 6.07) is 10.8. The number of rotatable bonds is 8. The molecule has 3 rings (SSSR count). The van der Waals surface area contributed by atoms with Gasteiger partial charge in [-0.15, -0.1) is 11.8 Å². The summed E-state index contributed by atoms with van der Waals surface area (Å²) < 4.78 is 10.5. The van der Waals surface area contributed by atoms with E-state index in [-0.39, 0.29) is 23.0 Å². The Labute approximate surface area is 198 Å². The third-order valence-electron chi connectivity index (χ3n) is 5.51. The van der Waals surface area contributed by atoms with Gasteiger partial charge in [0.15, 0.2) is 0 Å². The number of halogens is 1. The summed E-state index contributed by atoms with van der Waals surface area (Å²) in [5.41, 5.74) is 1.26. The molecule has 0 bridgehead atoms. The molecule has 1 aliphatic rings. The lowest BCUT2D eigenvalue weighted by Crippen LogP contribution is -2.24. The Hall–Kier alpha value is -2.38. The van der Waals surface area contributed by atoms with Crippen LogP contribution >= 0.6 is 23.4 Å². The molecule has 2 aromatic rings. The van der Waals surface area contributed by atoms with Gasteiger partial charge in [-0.1, -0.05) is 30.9 Å². The average molecular weight is 477 g/mol. The maximum Gasteiger partial charge on any atom is 0.237 e. The lowest BCUT2D eigenvalue weighted by Gasteiger charge is -2.20. The Kier molecular flexibility index (Phi) is 8.70. The zero-order valence-electron chi connectivity index (χ0n) is 18.6. The molecule has 6 nitrogen and oxygen atoms in total. The van der Waals surface area contributed by atoms with Crippen LogP contribution in [0.5, 0.6) is 11.5 Å². The van der Waals surface area contributed by atoms with Crippen molar-refractivity contribution in [3.05, 3.63) is 41.4 Å². The summed E-state index contributed by atoms with van der Waals surface area (Å²) in [4.78, 5) is 26.1. The number of carbonyl (C=O) groups excluding carboxylic acids is 2. The highest BCUT2D eigenvalue weighted by Crippen LogP contribution is 2.36. The highest BCUT2D eigenvalue weighted by molar-refractivity contribution is 8.00. The third kappa shape index (κ3) is 6.33. The molecule has 172 valence electrons. The number of thioether (sulfide) groups is 1. The van der Waals surface area contributed by atoms with Crippen molar-refractivity contribution in [1.82, 2.24) is 0 Å². The first-order valence-corrected chi connectivity index (χ1v) is 12.0. The smallest absolute Gasteiger partial charge is 0.237 e. The third-order valence-corrected chi connectivity index (χ3v) is 6.92. The van der Waals surface area contributed by atoms with Crippen LogP contribution in [0.4, 0.5) is 11.4 Å². The zero-order valence-corrected chi connectivity index (χ0v) is 20.1. The summed E-state index contributed by atoms with van der Waals surface area (Å²) in [6.07, 6.45) is 5.41. The summed E-state index contributed by atoms with van der Waals surface area (Å²) in [7, 11) is 3.04. The van der Waals surface area contributed by atoms with E-state index in [1.165, 1.54) is 32.4 Å². The molecule has 2 aromatic carbocycles. The van der Waals surface area contributed by atoms with Crippen molar-refractivity contribution >= 4 is 46.6 Å². The molecule has 1 unspecified atom stereocenters. The van der Waals surface area contributed by atoms with E-state index < -0.39 is 0 Å². The highest BCUT2D eigenvalue weighted by Gasteiger charge is 2.21. The Morgan fingerprint density at radius 3 is 2.28 bits per heavy atom. The largest absolute Gasteiger partial charge is 0.495 e. The standard InChI is InChI=1S/C24H29ClN2O4S/c1-15(23(28)27-20-13-19(25)21(30-2)14-22(20)31-3)32-18-11-9-17(10-12-18)26-24(29)16-7-5-4-6-8-16/h9-16H,4-8H2,1-3H3,(H,26,29)(H,27,28). The van der Waals surface area contributed by atoms with E-state index in [4.69, 9.17) is 21.1 Å². The molecule has 1 saturated carbocycles. The van der Waals surface area contributed by atoms with Crippen LogP contribution < -0.4 is 20.1 Å². The van der Waals surface area contributed by atoms with E-state index in [1.54, 1.807) is 12.1 Å². The Morgan fingerprint density at radius 2 is 1.66 bits per heavy atom. The minimum atomic E-state index is -0.358. The van der Waals surface area contributed by atoms with Crippen molar-refractivity contribution in [2.24, 2.45) is 5.92 Å². The van der Waals surface area contributed by atoms with Crippen LogP contribution in [0.2, 0.25) is 5.02 Å². The van der Waals surface area contributed by atoms with E-state index in [0.29, 0.717) is 22.2 Å². The first kappa shape index (κ1) is 24.3. The van der Waals surface area contributed by atoms with Crippen molar-refractivity contribution in [1.29, 1.82) is 0 Å². The van der Waals surface area contributed by atoms with Gasteiger partial charge in [0.2, 0.25) is 11.8 Å². The number of anilines is 2. The SMILES string of the molecule is COc1cc(OC)c(NC(=O)C(C)Sc2ccc(NC(=O)C3CCCCC3)cc2)cc1Cl. The quantitative estimate of drug-likeness (QED) is 0.457. The molecule has 2 N–H and O–H groups in total. The predicted octanol–water partition coefficient (Wildman–Crippen LogP) is 6.00. The first-order valence-electron chi connectivity index (χ1n) is 10.7. The molecule has 0 heterocycles. The van der Waals surface area contributed by atoms with Gasteiger partial charge in [-0.05, 0) is 50.1 Å². The van der Waals surface area contributed by atoms with Crippen LogP contribution in [0.25, 0.3) is 0 Å². The number of hydrogen-bond donors (Lipinski definition) is 2. The van der Waals surface area contributed by atoms with E-state index >= 15 is 0 Å². The molecule has 0 aliphatic heterocycles. The maximum absolute atomic E-state index is 12.7. The van der Waals surface area contributed by atoms with Crippen molar-refractivity contribution < 1.29 is 19.1 Å². The summed E-state index contributed by atoms with van der Waals surface area (Å²) in [5.74, 6) is 0.980. The Morgan fingerprint density at radius 1 is 1.00 bits per heavy atom. The van der Waals surface area contributed by atoms with Gasteiger partial charge in [-0.3, -0.25) is 9.59 Å². The van der Waals surface area contributed by atoms with E-state index in [2.05, 4.69) is 10.6 Å². The number of hydrogen-bond acceptors (Lipinski definition) is 5. The van der Waals surface area contributed by atoms with E-state index in [1.807, 2.05) is 31.2 Å². The zero-order chi connectivity index (χ0) is 23.1. The van der Waals surface area contributed by atoms with Crippen LogP contribution in [0.15, 0.2) is 41.3 Å². The van der Waals surface area contributed by atoms with Crippen LogP contribution in [-0.4, -0.2) is 31.3 Å². The number of ether oxygens (including phenoxy) is 2. The van der Waals surface area contributed by atoms with Crippen molar-refractivity contribution in [3.63, 3.8) is 0 Å². The van der Waals surface area contributed by atoms with Crippen LogP contribution in [-0.2, 0) is 9.59 Å². The molecule has 1 aliphatic carbocycles. The number of amides is 2. The molecular formula is C24H29ClN2O4S. The second-order valence-electron chi connectivity index (χ2n) is 7.78. The maximum atomic E-state index is 12.7. The van der Waals surface area contributed by atoms with Crippen LogP contribution in [0, 0.1) is 5.92 Å². The number of methoxy groups -OCH3 is 2. The first-order chi connectivity index (χ1) is 15.4. The summed E-state index contributed by atoms with van der Waals surface area (Å²) in [6.45, 7) is 1.83. The number of benzene rings is 2. The Bertz CT molecular complexity index is 946. The van der Waals surface area contributed by atoms with Crippen LogP contribution in [0.3, 0.4) is 0 Å². The molecule has 0 spiro atoms. The van der Waals surface area contributed by atoms with Gasteiger partial charge in [-0.2, -0.15) is 0 Å². The molecule has 0 aromatic heterocycles. The Balaban J connectivity index is 1.57. The normalized spacial score (nSPS) is 15.0. The molecule has 2 amide bonds. The molecular weight excluding hydrogens is 448 g/mol. The van der Waals surface area contributed by atoms with Gasteiger partial charge in [0.05, 0.1) is 30.2 Å². The van der Waals surface area contributed by atoms with E-state index in [0.717, 1.165) is 36.3 Å². The monoisotopic (exact) mass is 476 g/mol. The molecule has 1 atom stereocenters. The number of nitrogens with one attached hydrogen (secondary N) is 2. The van der Waals surface area contributed by atoms with Gasteiger partial charge in [-0.25, -0.2) is 0 Å². The average Bonchev–Trinajstić information content (AvgIpc) is 2.81. The molecule has 1 fully saturated rings. The summed E-state index contributed by atoms with van der Waals surface area (Å²) in [5, 5.41) is 5.90. The van der Waals surface area contributed by atoms with Gasteiger partial charge >= 0.3 is 0 Å². The topological polar surface area (TPSA) is 76.7 Å². The summed E-state index contributed by atoms with van der Waals surface area (Å²) >= 11 is 7.61. The molecule has 0 saturated heterocycles. The fraction of sp³-hybridized carbons (Fsp3) is 0.417. The molecule has 0 radical (unpaired) electrons. The van der Waals surface area contributed by atoms with Crippen molar-refractivity contribution in [3.8, 4) is 11.5 Å². The lowest BCUT2D eigenvalue weighted by molar-refractivity contribution is -0.120. The van der Waals surface area contributed by atoms with Crippen LogP contribution in [0.1, 0.15) is 39.0 Å². The molecule has 32 heavy (non-hydrogen) atoms. The minimum Gasteiger partial charge on any atom is -0.495 e. The fourth-order valence-electron chi connectivity index (χ4n) is 3.68. The lowest BCUT2D eigenvalue weighted by atomic mass is 9.88. The highest BCUT2D eigenvalue weighted by atomic mass is 35.5. The second-order valence-corrected chi connectivity index (χ2v) is 9.61. The van der Waals surface area contributed by atoms with Gasteiger partial charge < -0.3 is 20.1 Å². The van der Waals surface area contributed by atoms with E-state index in [9.17, 15) is 9.59 Å². The number of carbonyl (C=O) groups is 2. The van der Waals surface area contributed by atoms with Gasteiger partial charge in [0.1, 0.15) is 11.5 Å². The molecule has 8 heteroatoms. The minimum absolute atomic E-state index is 0.102. The predicted molar refractivity (Wildman–Crippen MR) is 130 cm³/mol.